The lowest BCUT2D eigenvalue weighted by Crippen LogP contribution is -2.28. The van der Waals surface area contributed by atoms with Crippen LogP contribution in [-0.4, -0.2) is 38.2 Å². The second-order valence-corrected chi connectivity index (χ2v) is 9.30. The Balaban J connectivity index is 1.74. The molecule has 0 radical (unpaired) electrons. The van der Waals surface area contributed by atoms with Crippen LogP contribution in [-0.2, 0) is 31.6 Å². The maximum Gasteiger partial charge on any atom is 0.491 e. The van der Waals surface area contributed by atoms with Crippen molar-refractivity contribution in [2.45, 2.75) is 50.0 Å². The predicted octanol–water partition coefficient (Wildman–Crippen LogP) is 1.98. The van der Waals surface area contributed by atoms with Crippen molar-refractivity contribution in [3.05, 3.63) is 41.6 Å². The average molecular weight is 447 g/mol. The molecule has 0 aliphatic carbocycles. The summed E-state index contributed by atoms with van der Waals surface area (Å²) < 4.78 is 36.3. The van der Waals surface area contributed by atoms with Gasteiger partial charge in [0.1, 0.15) is 0 Å². The van der Waals surface area contributed by atoms with Gasteiger partial charge in [0.05, 0.1) is 36.5 Å². The predicted molar refractivity (Wildman–Crippen MR) is 117 cm³/mol. The Morgan fingerprint density at radius 3 is 2.90 bits per heavy atom. The first-order valence-electron chi connectivity index (χ1n) is 10.1. The molecule has 31 heavy (non-hydrogen) atoms. The van der Waals surface area contributed by atoms with Crippen molar-refractivity contribution in [3.63, 3.8) is 0 Å². The fourth-order valence-corrected chi connectivity index (χ4v) is 4.70. The van der Waals surface area contributed by atoms with Crippen molar-refractivity contribution < 1.29 is 27.6 Å². The van der Waals surface area contributed by atoms with E-state index in [0.29, 0.717) is 11.0 Å². The highest BCUT2D eigenvalue weighted by Crippen LogP contribution is 2.25. The second kappa shape index (κ2) is 10.1. The highest BCUT2D eigenvalue weighted by molar-refractivity contribution is 7.90. The van der Waals surface area contributed by atoms with Crippen LogP contribution < -0.4 is 16.5 Å². The molecule has 1 amide bonds. The molecule has 3 rings (SSSR count). The van der Waals surface area contributed by atoms with E-state index in [2.05, 4.69) is 17.2 Å². The summed E-state index contributed by atoms with van der Waals surface area (Å²) in [4.78, 5) is 16.1. The van der Waals surface area contributed by atoms with E-state index in [1.165, 1.54) is 12.3 Å². The Kier molecular flexibility index (Phi) is 7.53. The third kappa shape index (κ3) is 5.96. The topological polar surface area (TPSA) is 141 Å². The van der Waals surface area contributed by atoms with Crippen LogP contribution in [0.4, 0.5) is 16.2 Å². The van der Waals surface area contributed by atoms with Crippen molar-refractivity contribution in [3.8, 4) is 0 Å². The number of nitrogens with one attached hydrogen (secondary N) is 1. The largest absolute Gasteiger partial charge is 0.491 e. The number of pyridine rings is 1. The molecule has 1 aromatic carbocycles. The molecule has 4 N–H and O–H groups in total. The minimum atomic E-state index is -3.93. The standard InChI is InChI=1S/C20H26BN3O6S/c1-2-3-4-5-8-29-20(25)24-18-10-16(22)11-23-19(18)31(27,28)13-14-6-7-15-12-30-21(26)17(15)9-14/h6-7,9-11,26H,2-5,8,12-13,22H2,1H3,(H,24,25). The molecule has 2 aromatic rings. The number of benzene rings is 1. The number of amides is 1. The molecule has 11 heteroatoms. The Hall–Kier alpha value is -2.63. The molecule has 0 saturated carbocycles. The van der Waals surface area contributed by atoms with Gasteiger partial charge in [-0.2, -0.15) is 0 Å². The van der Waals surface area contributed by atoms with Crippen molar-refractivity contribution in [2.75, 3.05) is 17.7 Å². The van der Waals surface area contributed by atoms with Gasteiger partial charge < -0.3 is 20.1 Å². The molecule has 1 aliphatic heterocycles. The normalized spacial score (nSPS) is 13.2. The fraction of sp³-hybridized carbons (Fsp3) is 0.400. The molecule has 1 aromatic heterocycles. The van der Waals surface area contributed by atoms with Crippen molar-refractivity contribution >= 4 is 39.9 Å². The number of anilines is 2. The van der Waals surface area contributed by atoms with Gasteiger partial charge in [-0.3, -0.25) is 5.32 Å². The number of fused-ring (bicyclic) bond motifs is 1. The SMILES string of the molecule is CCCCCCOC(=O)Nc1cc(N)cnc1S(=O)(=O)Cc1ccc2c(c1)B(O)OC2. The van der Waals surface area contributed by atoms with Crippen LogP contribution in [0.1, 0.15) is 43.7 Å². The smallest absolute Gasteiger partial charge is 0.449 e. The van der Waals surface area contributed by atoms with Crippen molar-refractivity contribution in [1.82, 2.24) is 4.98 Å². The number of rotatable bonds is 9. The summed E-state index contributed by atoms with van der Waals surface area (Å²) >= 11 is 0. The maximum absolute atomic E-state index is 13.0. The van der Waals surface area contributed by atoms with Gasteiger partial charge in [-0.25, -0.2) is 18.2 Å². The van der Waals surface area contributed by atoms with E-state index in [1.54, 1.807) is 18.2 Å². The molecule has 9 nitrogen and oxygen atoms in total. The summed E-state index contributed by atoms with van der Waals surface area (Å²) in [7, 11) is -5.01. The van der Waals surface area contributed by atoms with E-state index in [1.807, 2.05) is 0 Å². The van der Waals surface area contributed by atoms with Crippen LogP contribution >= 0.6 is 0 Å². The summed E-state index contributed by atoms with van der Waals surface area (Å²) in [5.74, 6) is -0.370. The van der Waals surface area contributed by atoms with E-state index in [0.717, 1.165) is 31.2 Å². The highest BCUT2D eigenvalue weighted by Gasteiger charge is 2.29. The highest BCUT2D eigenvalue weighted by atomic mass is 32.2. The summed E-state index contributed by atoms with van der Waals surface area (Å²) in [6.45, 7) is 2.60. The Labute approximate surface area is 182 Å². The zero-order valence-corrected chi connectivity index (χ0v) is 18.2. The Bertz CT molecular complexity index is 1050. The minimum Gasteiger partial charge on any atom is -0.449 e. The zero-order valence-electron chi connectivity index (χ0n) is 17.3. The van der Waals surface area contributed by atoms with E-state index >= 15 is 0 Å². The number of aromatic nitrogens is 1. The number of nitrogens with zero attached hydrogens (tertiary/aromatic N) is 1. The van der Waals surface area contributed by atoms with Gasteiger partial charge in [-0.1, -0.05) is 44.4 Å². The number of ether oxygens (including phenoxy) is 1. The minimum absolute atomic E-state index is 0.0388. The van der Waals surface area contributed by atoms with Gasteiger partial charge in [0.15, 0.2) is 5.03 Å². The molecule has 0 spiro atoms. The summed E-state index contributed by atoms with van der Waals surface area (Å²) in [5, 5.41) is 12.0. The van der Waals surface area contributed by atoms with Gasteiger partial charge in [0.2, 0.25) is 9.84 Å². The van der Waals surface area contributed by atoms with Gasteiger partial charge in [0, 0.05) is 0 Å². The van der Waals surface area contributed by atoms with E-state index in [9.17, 15) is 18.2 Å². The Morgan fingerprint density at radius 1 is 1.32 bits per heavy atom. The molecule has 1 aliphatic rings. The van der Waals surface area contributed by atoms with Crippen LogP contribution in [0.2, 0.25) is 0 Å². The zero-order chi connectivity index (χ0) is 22.4. The molecule has 2 heterocycles. The van der Waals surface area contributed by atoms with E-state index in [4.69, 9.17) is 15.1 Å². The van der Waals surface area contributed by atoms with E-state index in [-0.39, 0.29) is 35.4 Å². The summed E-state index contributed by atoms with van der Waals surface area (Å²) in [6, 6.07) is 6.31. The van der Waals surface area contributed by atoms with Crippen LogP contribution in [0.15, 0.2) is 35.5 Å². The number of carbonyl (C=O) groups is 1. The number of carbonyl (C=O) groups excluding carboxylic acids is 1. The van der Waals surface area contributed by atoms with Crippen molar-refractivity contribution in [1.29, 1.82) is 0 Å². The summed E-state index contributed by atoms with van der Waals surface area (Å²) in [6.07, 6.45) is 4.25. The number of unbranched alkanes of at least 4 members (excludes halogenated alkanes) is 3. The molecule has 0 saturated heterocycles. The first kappa shape index (κ1) is 23.0. The number of hydrogen-bond donors (Lipinski definition) is 3. The second-order valence-electron chi connectivity index (χ2n) is 7.40. The first-order chi connectivity index (χ1) is 14.8. The number of hydrogen-bond acceptors (Lipinski definition) is 8. The molecule has 0 unspecified atom stereocenters. The maximum atomic E-state index is 13.0. The average Bonchev–Trinajstić information content (AvgIpc) is 3.08. The number of nitrogens with two attached hydrogens (primary N) is 1. The molecular formula is C20H26BN3O6S. The molecule has 0 fully saturated rings. The van der Waals surface area contributed by atoms with Crippen LogP contribution in [0.5, 0.6) is 0 Å². The van der Waals surface area contributed by atoms with Gasteiger partial charge in [-0.05, 0) is 29.1 Å². The third-order valence-electron chi connectivity index (χ3n) is 4.86. The lowest BCUT2D eigenvalue weighted by Gasteiger charge is -2.12. The van der Waals surface area contributed by atoms with Crippen LogP contribution in [0.25, 0.3) is 0 Å². The van der Waals surface area contributed by atoms with Gasteiger partial charge in [0.25, 0.3) is 0 Å². The lowest BCUT2D eigenvalue weighted by atomic mass is 9.79. The number of sulfone groups is 1. The lowest BCUT2D eigenvalue weighted by molar-refractivity contribution is 0.159. The van der Waals surface area contributed by atoms with Crippen LogP contribution in [0, 0.1) is 0 Å². The molecule has 166 valence electrons. The number of nitrogen functional groups attached to an aromatic ring is 1. The van der Waals surface area contributed by atoms with Gasteiger partial charge in [-0.15, -0.1) is 0 Å². The molecular weight excluding hydrogens is 421 g/mol. The molecule has 0 atom stereocenters. The summed E-state index contributed by atoms with van der Waals surface area (Å²) in [5.41, 5.74) is 7.72. The van der Waals surface area contributed by atoms with Crippen molar-refractivity contribution in [2.24, 2.45) is 0 Å². The molecule has 0 bridgehead atoms. The van der Waals surface area contributed by atoms with Gasteiger partial charge >= 0.3 is 13.2 Å². The quantitative estimate of drug-likeness (QED) is 0.392. The van der Waals surface area contributed by atoms with E-state index < -0.39 is 23.0 Å². The Morgan fingerprint density at radius 2 is 2.13 bits per heavy atom. The first-order valence-corrected chi connectivity index (χ1v) is 11.8. The fourth-order valence-electron chi connectivity index (χ4n) is 3.29. The monoisotopic (exact) mass is 447 g/mol. The third-order valence-corrected chi connectivity index (χ3v) is 6.49. The van der Waals surface area contributed by atoms with Crippen LogP contribution in [0.3, 0.4) is 0 Å².